The van der Waals surface area contributed by atoms with E-state index in [1.165, 1.54) is 18.5 Å². The molecule has 102 valence electrons. The van der Waals surface area contributed by atoms with Crippen molar-refractivity contribution in [3.63, 3.8) is 0 Å². The molecule has 0 unspecified atom stereocenters. The summed E-state index contributed by atoms with van der Waals surface area (Å²) in [6.45, 7) is 4.15. The maximum atomic E-state index is 12.0. The standard InChI is InChI=1S/C12H14N2O3S2/c1-8-5-10(18-9(8)2)6-14-19(16,17)12-7-13-4-3-11(12)15/h3-5,7,14H,6H2,1-2H3,(H,13,15). The highest BCUT2D eigenvalue weighted by molar-refractivity contribution is 7.89. The average Bonchev–Trinajstić information content (AvgIpc) is 2.67. The Labute approximate surface area is 115 Å². The van der Waals surface area contributed by atoms with Crippen LogP contribution in [0.3, 0.4) is 0 Å². The molecule has 0 atom stereocenters. The van der Waals surface area contributed by atoms with E-state index in [0.717, 1.165) is 15.3 Å². The average molecular weight is 298 g/mol. The van der Waals surface area contributed by atoms with Gasteiger partial charge in [0.25, 0.3) is 0 Å². The first-order chi connectivity index (χ1) is 8.90. The third kappa shape index (κ3) is 3.12. The molecule has 0 fully saturated rings. The van der Waals surface area contributed by atoms with E-state index in [4.69, 9.17) is 0 Å². The van der Waals surface area contributed by atoms with Gasteiger partial charge in [0.2, 0.25) is 15.5 Å². The number of aromatic nitrogens is 1. The van der Waals surface area contributed by atoms with Crippen molar-refractivity contribution in [1.82, 2.24) is 9.71 Å². The van der Waals surface area contributed by atoms with Gasteiger partial charge in [-0.05, 0) is 25.5 Å². The summed E-state index contributed by atoms with van der Waals surface area (Å²) in [5.41, 5.74) is 0.613. The lowest BCUT2D eigenvalue weighted by atomic mass is 10.3. The number of aromatic amines is 1. The smallest absolute Gasteiger partial charge is 0.246 e. The summed E-state index contributed by atoms with van der Waals surface area (Å²) in [6, 6.07) is 3.13. The zero-order valence-corrected chi connectivity index (χ0v) is 12.2. The number of hydrogen-bond donors (Lipinski definition) is 2. The number of rotatable bonds is 4. The summed E-state index contributed by atoms with van der Waals surface area (Å²) in [4.78, 5) is 15.9. The van der Waals surface area contributed by atoms with Crippen LogP contribution in [0.2, 0.25) is 0 Å². The summed E-state index contributed by atoms with van der Waals surface area (Å²) < 4.78 is 26.4. The molecule has 19 heavy (non-hydrogen) atoms. The Kier molecular flexibility index (Phi) is 3.88. The molecule has 0 aliphatic rings. The minimum absolute atomic E-state index is 0.190. The normalized spacial score (nSPS) is 11.7. The molecule has 2 heterocycles. The fraction of sp³-hybridized carbons (Fsp3) is 0.250. The van der Waals surface area contributed by atoms with Gasteiger partial charge in [0.1, 0.15) is 4.90 Å². The van der Waals surface area contributed by atoms with E-state index in [1.54, 1.807) is 11.3 Å². The molecule has 2 aromatic rings. The quantitative estimate of drug-likeness (QED) is 0.898. The van der Waals surface area contributed by atoms with Crippen molar-refractivity contribution in [1.29, 1.82) is 0 Å². The molecule has 2 rings (SSSR count). The number of thiophene rings is 1. The topological polar surface area (TPSA) is 79.0 Å². The SMILES string of the molecule is Cc1cc(CNS(=O)(=O)c2c[nH]ccc2=O)sc1C. The fourth-order valence-electron chi connectivity index (χ4n) is 1.59. The minimum Gasteiger partial charge on any atom is -0.366 e. The molecular formula is C12H14N2O3S2. The first-order valence-electron chi connectivity index (χ1n) is 5.63. The minimum atomic E-state index is -3.78. The summed E-state index contributed by atoms with van der Waals surface area (Å²) >= 11 is 1.54. The zero-order valence-electron chi connectivity index (χ0n) is 10.6. The van der Waals surface area contributed by atoms with Crippen LogP contribution in [0.5, 0.6) is 0 Å². The van der Waals surface area contributed by atoms with Crippen LogP contribution in [0.1, 0.15) is 15.3 Å². The van der Waals surface area contributed by atoms with Crippen molar-refractivity contribution in [2.24, 2.45) is 0 Å². The molecule has 0 saturated carbocycles. The molecule has 0 saturated heterocycles. The predicted octanol–water partition coefficient (Wildman–Crippen LogP) is 1.53. The lowest BCUT2D eigenvalue weighted by molar-refractivity contribution is 0.580. The van der Waals surface area contributed by atoms with Crippen LogP contribution < -0.4 is 10.2 Å². The van der Waals surface area contributed by atoms with Crippen LogP contribution in [0.4, 0.5) is 0 Å². The van der Waals surface area contributed by atoms with Crippen molar-refractivity contribution < 1.29 is 8.42 Å². The Morgan fingerprint density at radius 2 is 2.11 bits per heavy atom. The summed E-state index contributed by atoms with van der Waals surface area (Å²) in [5, 5.41) is 0. The van der Waals surface area contributed by atoms with Crippen LogP contribution in [-0.4, -0.2) is 13.4 Å². The second kappa shape index (κ2) is 5.28. The number of nitrogens with one attached hydrogen (secondary N) is 2. The van der Waals surface area contributed by atoms with Gasteiger partial charge in [-0.3, -0.25) is 4.79 Å². The molecule has 5 nitrogen and oxygen atoms in total. The Hall–Kier alpha value is -1.44. The number of hydrogen-bond acceptors (Lipinski definition) is 4. The van der Waals surface area contributed by atoms with Crippen molar-refractivity contribution in [2.75, 3.05) is 0 Å². The second-order valence-corrected chi connectivity index (χ2v) is 7.23. The molecule has 0 aromatic carbocycles. The van der Waals surface area contributed by atoms with Crippen LogP contribution in [-0.2, 0) is 16.6 Å². The molecular weight excluding hydrogens is 284 g/mol. The highest BCUT2D eigenvalue weighted by atomic mass is 32.2. The highest BCUT2D eigenvalue weighted by Crippen LogP contribution is 2.20. The van der Waals surface area contributed by atoms with Gasteiger partial charge in [-0.25, -0.2) is 13.1 Å². The van der Waals surface area contributed by atoms with Gasteiger partial charge in [0, 0.05) is 34.8 Å². The van der Waals surface area contributed by atoms with Crippen LogP contribution in [0.15, 0.2) is 34.2 Å². The van der Waals surface area contributed by atoms with E-state index in [1.807, 2.05) is 19.9 Å². The predicted molar refractivity (Wildman–Crippen MR) is 74.9 cm³/mol. The van der Waals surface area contributed by atoms with E-state index in [2.05, 4.69) is 9.71 Å². The molecule has 0 aliphatic heterocycles. The molecule has 0 aliphatic carbocycles. The number of pyridine rings is 1. The Balaban J connectivity index is 2.19. The summed E-state index contributed by atoms with van der Waals surface area (Å²) in [7, 11) is -3.78. The van der Waals surface area contributed by atoms with Gasteiger partial charge >= 0.3 is 0 Å². The van der Waals surface area contributed by atoms with Crippen molar-refractivity contribution in [3.8, 4) is 0 Å². The largest absolute Gasteiger partial charge is 0.366 e. The number of H-pyrrole nitrogens is 1. The molecule has 7 heteroatoms. The Morgan fingerprint density at radius 3 is 2.68 bits per heavy atom. The van der Waals surface area contributed by atoms with Gasteiger partial charge < -0.3 is 4.98 Å². The molecule has 2 aromatic heterocycles. The van der Waals surface area contributed by atoms with Crippen LogP contribution >= 0.6 is 11.3 Å². The van der Waals surface area contributed by atoms with Crippen molar-refractivity contribution in [2.45, 2.75) is 25.3 Å². The van der Waals surface area contributed by atoms with Gasteiger partial charge in [-0.2, -0.15) is 0 Å². The summed E-state index contributed by atoms with van der Waals surface area (Å²) in [6.07, 6.45) is 2.59. The molecule has 0 spiro atoms. The number of sulfonamides is 1. The third-order valence-corrected chi connectivity index (χ3v) is 5.31. The first kappa shape index (κ1) is 14.0. The van der Waals surface area contributed by atoms with Crippen LogP contribution in [0, 0.1) is 13.8 Å². The lowest BCUT2D eigenvalue weighted by Gasteiger charge is -2.04. The second-order valence-electron chi connectivity index (χ2n) is 4.15. The van der Waals surface area contributed by atoms with Gasteiger partial charge in [0.15, 0.2) is 0 Å². The third-order valence-electron chi connectivity index (χ3n) is 2.73. The van der Waals surface area contributed by atoms with Gasteiger partial charge in [0.05, 0.1) is 0 Å². The molecule has 2 N–H and O–H groups in total. The van der Waals surface area contributed by atoms with Crippen molar-refractivity contribution >= 4 is 21.4 Å². The fourth-order valence-corrected chi connectivity index (χ4v) is 3.73. The Morgan fingerprint density at radius 1 is 1.37 bits per heavy atom. The highest BCUT2D eigenvalue weighted by Gasteiger charge is 2.17. The first-order valence-corrected chi connectivity index (χ1v) is 7.93. The lowest BCUT2D eigenvalue weighted by Crippen LogP contribution is -2.27. The van der Waals surface area contributed by atoms with Crippen LogP contribution in [0.25, 0.3) is 0 Å². The molecule has 0 bridgehead atoms. The monoisotopic (exact) mass is 298 g/mol. The van der Waals surface area contributed by atoms with E-state index in [-0.39, 0.29) is 11.4 Å². The van der Waals surface area contributed by atoms with E-state index < -0.39 is 15.5 Å². The zero-order chi connectivity index (χ0) is 14.0. The van der Waals surface area contributed by atoms with Gasteiger partial charge in [-0.1, -0.05) is 0 Å². The number of aryl methyl sites for hydroxylation is 2. The molecule has 0 amide bonds. The Bertz CT molecular complexity index is 725. The van der Waals surface area contributed by atoms with Crippen molar-refractivity contribution in [3.05, 3.63) is 50.1 Å². The maximum Gasteiger partial charge on any atom is 0.246 e. The van der Waals surface area contributed by atoms with E-state index >= 15 is 0 Å². The summed E-state index contributed by atoms with van der Waals surface area (Å²) in [5.74, 6) is 0. The maximum absolute atomic E-state index is 12.0. The molecule has 0 radical (unpaired) electrons. The van der Waals surface area contributed by atoms with E-state index in [0.29, 0.717) is 0 Å². The van der Waals surface area contributed by atoms with E-state index in [9.17, 15) is 13.2 Å². The van der Waals surface area contributed by atoms with Gasteiger partial charge in [-0.15, -0.1) is 11.3 Å².